The number of aromatic amines is 1. The number of carbonyl (C=O) groups excluding carboxylic acids is 1. The highest BCUT2D eigenvalue weighted by atomic mass is 19.1. The fraction of sp³-hybridized carbons (Fsp3) is 0.250. The number of H-pyrrole nitrogens is 1. The topological polar surface area (TPSA) is 91.9 Å². The lowest BCUT2D eigenvalue weighted by atomic mass is 10.1. The van der Waals surface area contributed by atoms with Crippen LogP contribution in [0.3, 0.4) is 0 Å². The first kappa shape index (κ1) is 19.3. The molecule has 0 bridgehead atoms. The zero-order valence-corrected chi connectivity index (χ0v) is 15.5. The van der Waals surface area contributed by atoms with Crippen LogP contribution in [0.4, 0.5) is 10.1 Å². The lowest BCUT2D eigenvalue weighted by Gasteiger charge is -2.05. The minimum atomic E-state index is -0.269. The van der Waals surface area contributed by atoms with Gasteiger partial charge in [0, 0.05) is 12.2 Å². The van der Waals surface area contributed by atoms with E-state index in [0.717, 1.165) is 17.0 Å². The molecular formula is C20H22FN5O2. The van der Waals surface area contributed by atoms with E-state index >= 15 is 0 Å². The number of hydrogen-bond donors (Lipinski definition) is 3. The SMILES string of the molecule is COc1ccc(NCc2nc(CC(=O)NCCc3ccc(F)cc3)n[nH]2)cc1. The molecule has 0 unspecified atom stereocenters. The number of halogens is 1. The zero-order valence-electron chi connectivity index (χ0n) is 15.5. The van der Waals surface area contributed by atoms with Crippen molar-refractivity contribution in [2.75, 3.05) is 19.0 Å². The number of aromatic nitrogens is 3. The minimum Gasteiger partial charge on any atom is -0.497 e. The van der Waals surface area contributed by atoms with Crippen molar-refractivity contribution in [3.63, 3.8) is 0 Å². The molecule has 3 rings (SSSR count). The van der Waals surface area contributed by atoms with Gasteiger partial charge in [0.05, 0.1) is 20.1 Å². The summed E-state index contributed by atoms with van der Waals surface area (Å²) in [7, 11) is 1.62. The van der Waals surface area contributed by atoms with Gasteiger partial charge in [0.2, 0.25) is 5.91 Å². The van der Waals surface area contributed by atoms with Gasteiger partial charge >= 0.3 is 0 Å². The molecule has 8 heteroatoms. The zero-order chi connectivity index (χ0) is 19.8. The number of ether oxygens (including phenoxy) is 1. The van der Waals surface area contributed by atoms with Crippen molar-refractivity contribution < 1.29 is 13.9 Å². The molecule has 2 aromatic carbocycles. The van der Waals surface area contributed by atoms with Gasteiger partial charge in [-0.05, 0) is 48.4 Å². The molecule has 7 nitrogen and oxygen atoms in total. The van der Waals surface area contributed by atoms with Gasteiger partial charge in [-0.2, -0.15) is 5.10 Å². The van der Waals surface area contributed by atoms with E-state index in [0.29, 0.717) is 31.2 Å². The highest BCUT2D eigenvalue weighted by Crippen LogP contribution is 2.15. The molecule has 0 fully saturated rings. The van der Waals surface area contributed by atoms with Crippen molar-refractivity contribution in [2.45, 2.75) is 19.4 Å². The Labute approximate surface area is 162 Å². The van der Waals surface area contributed by atoms with Crippen LogP contribution in [0, 0.1) is 5.82 Å². The highest BCUT2D eigenvalue weighted by Gasteiger charge is 2.09. The van der Waals surface area contributed by atoms with Gasteiger partial charge in [-0.3, -0.25) is 9.89 Å². The number of benzene rings is 2. The number of carbonyl (C=O) groups is 1. The van der Waals surface area contributed by atoms with E-state index < -0.39 is 0 Å². The van der Waals surface area contributed by atoms with E-state index in [9.17, 15) is 9.18 Å². The molecule has 3 N–H and O–H groups in total. The van der Waals surface area contributed by atoms with Gasteiger partial charge in [0.15, 0.2) is 5.82 Å². The van der Waals surface area contributed by atoms with Crippen LogP contribution in [0.25, 0.3) is 0 Å². The Hall–Kier alpha value is -3.42. The molecule has 0 saturated heterocycles. The van der Waals surface area contributed by atoms with Crippen LogP contribution in [0.1, 0.15) is 17.2 Å². The first-order valence-corrected chi connectivity index (χ1v) is 8.91. The van der Waals surface area contributed by atoms with Crippen molar-refractivity contribution >= 4 is 11.6 Å². The second-order valence-corrected chi connectivity index (χ2v) is 6.18. The Kier molecular flexibility index (Phi) is 6.56. The van der Waals surface area contributed by atoms with Gasteiger partial charge in [0.1, 0.15) is 17.4 Å². The average Bonchev–Trinajstić information content (AvgIpc) is 3.15. The molecule has 0 saturated carbocycles. The summed E-state index contributed by atoms with van der Waals surface area (Å²) in [5, 5.41) is 12.9. The second kappa shape index (κ2) is 9.50. The first-order valence-electron chi connectivity index (χ1n) is 8.91. The monoisotopic (exact) mass is 383 g/mol. The molecule has 0 atom stereocenters. The number of anilines is 1. The van der Waals surface area contributed by atoms with Crippen LogP contribution in [-0.2, 0) is 24.2 Å². The molecule has 0 spiro atoms. The Morgan fingerprint density at radius 2 is 1.89 bits per heavy atom. The maximum absolute atomic E-state index is 12.9. The van der Waals surface area contributed by atoms with E-state index in [4.69, 9.17) is 4.74 Å². The van der Waals surface area contributed by atoms with Crippen molar-refractivity contribution in [2.24, 2.45) is 0 Å². The highest BCUT2D eigenvalue weighted by molar-refractivity contribution is 5.77. The van der Waals surface area contributed by atoms with E-state index in [1.165, 1.54) is 12.1 Å². The summed E-state index contributed by atoms with van der Waals surface area (Å²) in [4.78, 5) is 16.3. The van der Waals surface area contributed by atoms with Crippen molar-refractivity contribution in [1.29, 1.82) is 0 Å². The first-order chi connectivity index (χ1) is 13.6. The maximum atomic E-state index is 12.9. The number of nitrogens with zero attached hydrogens (tertiary/aromatic N) is 2. The van der Waals surface area contributed by atoms with Crippen molar-refractivity contribution in [3.8, 4) is 5.75 Å². The third kappa shape index (κ3) is 5.80. The molecule has 0 radical (unpaired) electrons. The molecular weight excluding hydrogens is 361 g/mol. The number of rotatable bonds is 9. The minimum absolute atomic E-state index is 0.0997. The van der Waals surface area contributed by atoms with Crippen LogP contribution in [0.2, 0.25) is 0 Å². The summed E-state index contributed by atoms with van der Waals surface area (Å²) < 4.78 is 18.0. The van der Waals surface area contributed by atoms with E-state index in [2.05, 4.69) is 25.8 Å². The van der Waals surface area contributed by atoms with E-state index in [1.54, 1.807) is 19.2 Å². The maximum Gasteiger partial charge on any atom is 0.227 e. The fourth-order valence-electron chi connectivity index (χ4n) is 2.59. The van der Waals surface area contributed by atoms with Gasteiger partial charge in [0.25, 0.3) is 0 Å². The third-order valence-electron chi connectivity index (χ3n) is 4.10. The Morgan fingerprint density at radius 3 is 2.61 bits per heavy atom. The van der Waals surface area contributed by atoms with Crippen molar-refractivity contribution in [1.82, 2.24) is 20.5 Å². The lowest BCUT2D eigenvalue weighted by Crippen LogP contribution is -2.27. The Morgan fingerprint density at radius 1 is 1.14 bits per heavy atom. The van der Waals surface area contributed by atoms with Crippen molar-refractivity contribution in [3.05, 3.63) is 71.6 Å². The normalized spacial score (nSPS) is 10.5. The van der Waals surface area contributed by atoms with Crippen LogP contribution in [0.15, 0.2) is 48.5 Å². The molecule has 1 aromatic heterocycles. The molecule has 1 heterocycles. The predicted octanol–water partition coefficient (Wildman–Crippen LogP) is 2.47. The molecule has 0 aliphatic heterocycles. The van der Waals surface area contributed by atoms with E-state index in [1.807, 2.05) is 24.3 Å². The number of methoxy groups -OCH3 is 1. The van der Waals surface area contributed by atoms with Gasteiger partial charge < -0.3 is 15.4 Å². The van der Waals surface area contributed by atoms with Crippen LogP contribution >= 0.6 is 0 Å². The molecule has 3 aromatic rings. The fourth-order valence-corrected chi connectivity index (χ4v) is 2.59. The molecule has 0 aliphatic carbocycles. The summed E-state index contributed by atoms with van der Waals surface area (Å²) in [6, 6.07) is 13.8. The summed E-state index contributed by atoms with van der Waals surface area (Å²) >= 11 is 0. The number of amides is 1. The third-order valence-corrected chi connectivity index (χ3v) is 4.10. The summed E-state index contributed by atoms with van der Waals surface area (Å²) in [6.07, 6.45) is 0.736. The van der Waals surface area contributed by atoms with Crippen LogP contribution in [-0.4, -0.2) is 34.7 Å². The summed E-state index contributed by atoms with van der Waals surface area (Å²) in [6.45, 7) is 0.937. The standard InChI is InChI=1S/C20H22FN5O2/c1-28-17-8-6-16(7-9-17)23-13-19-24-18(25-26-19)12-20(27)22-11-10-14-2-4-15(21)5-3-14/h2-9,23H,10-13H2,1H3,(H,22,27)(H,24,25,26). The van der Waals surface area contributed by atoms with E-state index in [-0.39, 0.29) is 18.1 Å². The largest absolute Gasteiger partial charge is 0.497 e. The van der Waals surface area contributed by atoms with Gasteiger partial charge in [-0.1, -0.05) is 12.1 Å². The molecule has 28 heavy (non-hydrogen) atoms. The number of nitrogens with one attached hydrogen (secondary N) is 3. The summed E-state index contributed by atoms with van der Waals surface area (Å²) in [5.74, 6) is 1.44. The molecule has 1 amide bonds. The average molecular weight is 383 g/mol. The summed E-state index contributed by atoms with van der Waals surface area (Å²) in [5.41, 5.74) is 1.89. The second-order valence-electron chi connectivity index (χ2n) is 6.18. The smallest absolute Gasteiger partial charge is 0.227 e. The predicted molar refractivity (Wildman–Crippen MR) is 104 cm³/mol. The molecule has 0 aliphatic rings. The lowest BCUT2D eigenvalue weighted by molar-refractivity contribution is -0.120. The van der Waals surface area contributed by atoms with Gasteiger partial charge in [-0.25, -0.2) is 9.37 Å². The van der Waals surface area contributed by atoms with Crippen LogP contribution in [0.5, 0.6) is 5.75 Å². The quantitative estimate of drug-likeness (QED) is 0.528. The Bertz CT molecular complexity index is 894. The molecule has 146 valence electrons. The number of hydrogen-bond acceptors (Lipinski definition) is 5. The van der Waals surface area contributed by atoms with Crippen LogP contribution < -0.4 is 15.4 Å². The van der Waals surface area contributed by atoms with Gasteiger partial charge in [-0.15, -0.1) is 0 Å². The Balaban J connectivity index is 1.40.